The standard InChI is InChI=1S/C12H18O2/c1-3-11(9(2)13)7-10-5-4-6-12(14)8-10/h4-6,8-9,11,13-14H,3,7H2,1-2H3. The highest BCUT2D eigenvalue weighted by atomic mass is 16.3. The molecule has 2 heteroatoms. The van der Waals surface area contributed by atoms with Gasteiger partial charge in [0.05, 0.1) is 6.10 Å². The van der Waals surface area contributed by atoms with Crippen LogP contribution in [-0.2, 0) is 6.42 Å². The van der Waals surface area contributed by atoms with Gasteiger partial charge in [-0.1, -0.05) is 25.5 Å². The molecule has 0 fully saturated rings. The molecule has 14 heavy (non-hydrogen) atoms. The molecule has 0 aromatic heterocycles. The highest BCUT2D eigenvalue weighted by molar-refractivity contribution is 5.27. The Hall–Kier alpha value is -1.02. The largest absolute Gasteiger partial charge is 0.508 e. The first kappa shape index (κ1) is 11.1. The minimum atomic E-state index is -0.289. The summed E-state index contributed by atoms with van der Waals surface area (Å²) in [7, 11) is 0. The van der Waals surface area contributed by atoms with E-state index >= 15 is 0 Å². The number of aromatic hydroxyl groups is 1. The minimum absolute atomic E-state index is 0.275. The van der Waals surface area contributed by atoms with Gasteiger partial charge < -0.3 is 10.2 Å². The molecule has 1 rings (SSSR count). The van der Waals surface area contributed by atoms with E-state index in [1.165, 1.54) is 0 Å². The predicted octanol–water partition coefficient (Wildman–Crippen LogP) is 2.34. The molecule has 0 aliphatic heterocycles. The molecule has 0 aliphatic rings. The lowest BCUT2D eigenvalue weighted by atomic mass is 9.92. The summed E-state index contributed by atoms with van der Waals surface area (Å²) in [5, 5.41) is 18.8. The molecular weight excluding hydrogens is 176 g/mol. The smallest absolute Gasteiger partial charge is 0.115 e. The molecule has 2 nitrogen and oxygen atoms in total. The van der Waals surface area contributed by atoms with E-state index < -0.39 is 0 Å². The maximum absolute atomic E-state index is 9.48. The van der Waals surface area contributed by atoms with Gasteiger partial charge in [0.15, 0.2) is 0 Å². The Bertz CT molecular complexity index is 281. The molecular formula is C12H18O2. The summed E-state index contributed by atoms with van der Waals surface area (Å²) in [6.45, 7) is 3.89. The topological polar surface area (TPSA) is 40.5 Å². The zero-order valence-electron chi connectivity index (χ0n) is 8.77. The molecule has 0 amide bonds. The highest BCUT2D eigenvalue weighted by Crippen LogP contribution is 2.18. The molecule has 0 bridgehead atoms. The third kappa shape index (κ3) is 3.04. The van der Waals surface area contributed by atoms with Crippen molar-refractivity contribution in [3.8, 4) is 5.75 Å². The molecule has 0 spiro atoms. The van der Waals surface area contributed by atoms with Crippen LogP contribution in [0.25, 0.3) is 0 Å². The van der Waals surface area contributed by atoms with Gasteiger partial charge in [0.1, 0.15) is 5.75 Å². The maximum Gasteiger partial charge on any atom is 0.115 e. The Labute approximate surface area is 85.2 Å². The van der Waals surface area contributed by atoms with Crippen molar-refractivity contribution < 1.29 is 10.2 Å². The van der Waals surface area contributed by atoms with Crippen molar-refractivity contribution in [2.24, 2.45) is 5.92 Å². The van der Waals surface area contributed by atoms with Gasteiger partial charge in [-0.3, -0.25) is 0 Å². The van der Waals surface area contributed by atoms with E-state index in [2.05, 4.69) is 6.92 Å². The summed E-state index contributed by atoms with van der Waals surface area (Å²) in [6.07, 6.45) is 1.48. The van der Waals surface area contributed by atoms with Crippen LogP contribution in [-0.4, -0.2) is 16.3 Å². The van der Waals surface area contributed by atoms with Crippen LogP contribution in [0.4, 0.5) is 0 Å². The van der Waals surface area contributed by atoms with E-state index in [0.717, 1.165) is 18.4 Å². The predicted molar refractivity (Wildman–Crippen MR) is 57.3 cm³/mol. The summed E-state index contributed by atoms with van der Waals surface area (Å²) in [4.78, 5) is 0. The van der Waals surface area contributed by atoms with E-state index in [9.17, 15) is 10.2 Å². The van der Waals surface area contributed by atoms with Crippen molar-refractivity contribution in [3.05, 3.63) is 29.8 Å². The fourth-order valence-corrected chi connectivity index (χ4v) is 1.64. The van der Waals surface area contributed by atoms with Crippen molar-refractivity contribution in [2.75, 3.05) is 0 Å². The maximum atomic E-state index is 9.48. The second-order valence-corrected chi connectivity index (χ2v) is 3.78. The van der Waals surface area contributed by atoms with Crippen LogP contribution in [0.1, 0.15) is 25.8 Å². The van der Waals surface area contributed by atoms with Gasteiger partial charge in [-0.15, -0.1) is 0 Å². The van der Waals surface area contributed by atoms with Gasteiger partial charge in [-0.05, 0) is 37.0 Å². The number of hydrogen-bond donors (Lipinski definition) is 2. The van der Waals surface area contributed by atoms with Crippen LogP contribution in [0.2, 0.25) is 0 Å². The van der Waals surface area contributed by atoms with Gasteiger partial charge in [-0.2, -0.15) is 0 Å². The molecule has 2 N–H and O–H groups in total. The minimum Gasteiger partial charge on any atom is -0.508 e. The van der Waals surface area contributed by atoms with Crippen molar-refractivity contribution in [1.29, 1.82) is 0 Å². The van der Waals surface area contributed by atoms with Crippen molar-refractivity contribution in [1.82, 2.24) is 0 Å². The summed E-state index contributed by atoms with van der Waals surface area (Å²) in [5.74, 6) is 0.569. The fraction of sp³-hybridized carbons (Fsp3) is 0.500. The van der Waals surface area contributed by atoms with Crippen LogP contribution < -0.4 is 0 Å². The molecule has 1 aromatic rings. The number of phenols is 1. The Morgan fingerprint density at radius 1 is 1.36 bits per heavy atom. The third-order valence-corrected chi connectivity index (χ3v) is 2.62. The zero-order valence-corrected chi connectivity index (χ0v) is 8.77. The molecule has 0 saturated carbocycles. The average Bonchev–Trinajstić information content (AvgIpc) is 2.14. The average molecular weight is 194 g/mol. The first-order valence-electron chi connectivity index (χ1n) is 5.09. The van der Waals surface area contributed by atoms with E-state index in [4.69, 9.17) is 0 Å². The van der Waals surface area contributed by atoms with Gasteiger partial charge in [0, 0.05) is 0 Å². The number of rotatable bonds is 4. The first-order chi connectivity index (χ1) is 6.63. The van der Waals surface area contributed by atoms with E-state index in [-0.39, 0.29) is 12.0 Å². The Balaban J connectivity index is 2.67. The molecule has 0 heterocycles. The molecule has 2 atom stereocenters. The van der Waals surface area contributed by atoms with Gasteiger partial charge in [0.25, 0.3) is 0 Å². The van der Waals surface area contributed by atoms with Crippen LogP contribution in [0.3, 0.4) is 0 Å². The molecule has 1 aromatic carbocycles. The zero-order chi connectivity index (χ0) is 10.6. The number of aliphatic hydroxyl groups excluding tert-OH is 1. The second kappa shape index (κ2) is 5.01. The molecule has 0 saturated heterocycles. The lowest BCUT2D eigenvalue weighted by molar-refractivity contribution is 0.123. The molecule has 2 unspecified atom stereocenters. The number of hydrogen-bond acceptors (Lipinski definition) is 2. The van der Waals surface area contributed by atoms with Crippen LogP contribution in [0.15, 0.2) is 24.3 Å². The summed E-state index contributed by atoms with van der Waals surface area (Å²) in [6, 6.07) is 7.22. The Morgan fingerprint density at radius 3 is 2.57 bits per heavy atom. The normalized spacial score (nSPS) is 15.1. The van der Waals surface area contributed by atoms with Gasteiger partial charge in [0.2, 0.25) is 0 Å². The summed E-state index contributed by atoms with van der Waals surface area (Å²) < 4.78 is 0. The van der Waals surface area contributed by atoms with Crippen molar-refractivity contribution >= 4 is 0 Å². The lowest BCUT2D eigenvalue weighted by Crippen LogP contribution is -2.18. The van der Waals surface area contributed by atoms with E-state index in [1.54, 1.807) is 12.1 Å². The Morgan fingerprint density at radius 2 is 2.07 bits per heavy atom. The van der Waals surface area contributed by atoms with E-state index in [0.29, 0.717) is 5.75 Å². The van der Waals surface area contributed by atoms with Crippen molar-refractivity contribution in [3.63, 3.8) is 0 Å². The van der Waals surface area contributed by atoms with Gasteiger partial charge >= 0.3 is 0 Å². The van der Waals surface area contributed by atoms with Crippen LogP contribution in [0.5, 0.6) is 5.75 Å². The number of phenolic OH excluding ortho intramolecular Hbond substituents is 1. The monoisotopic (exact) mass is 194 g/mol. The molecule has 0 aliphatic carbocycles. The molecule has 0 radical (unpaired) electrons. The van der Waals surface area contributed by atoms with Crippen LogP contribution in [0, 0.1) is 5.92 Å². The first-order valence-corrected chi connectivity index (χ1v) is 5.09. The highest BCUT2D eigenvalue weighted by Gasteiger charge is 2.13. The number of benzene rings is 1. The fourth-order valence-electron chi connectivity index (χ4n) is 1.64. The Kier molecular flexibility index (Phi) is 3.96. The van der Waals surface area contributed by atoms with E-state index in [1.807, 2.05) is 19.1 Å². The summed E-state index contributed by atoms with van der Waals surface area (Å²) in [5.41, 5.74) is 1.08. The number of aliphatic hydroxyl groups is 1. The third-order valence-electron chi connectivity index (χ3n) is 2.62. The van der Waals surface area contributed by atoms with Gasteiger partial charge in [-0.25, -0.2) is 0 Å². The molecule has 78 valence electrons. The quantitative estimate of drug-likeness (QED) is 0.772. The lowest BCUT2D eigenvalue weighted by Gasteiger charge is -2.17. The SMILES string of the molecule is CCC(Cc1cccc(O)c1)C(C)O. The summed E-state index contributed by atoms with van der Waals surface area (Å²) >= 11 is 0. The van der Waals surface area contributed by atoms with Crippen molar-refractivity contribution in [2.45, 2.75) is 32.8 Å². The van der Waals surface area contributed by atoms with Crippen LogP contribution >= 0.6 is 0 Å². The second-order valence-electron chi connectivity index (χ2n) is 3.78.